The van der Waals surface area contributed by atoms with Crippen LogP contribution >= 0.6 is 0 Å². The number of fused-ring (bicyclic) bond motifs is 1. The van der Waals surface area contributed by atoms with Crippen molar-refractivity contribution in [2.45, 2.75) is 19.9 Å². The topological polar surface area (TPSA) is 86.3 Å². The number of para-hydroxylation sites is 1. The molecule has 1 unspecified atom stereocenters. The molecule has 1 aromatic carbocycles. The van der Waals surface area contributed by atoms with Crippen LogP contribution in [0, 0.1) is 12.8 Å². The molecule has 8 heteroatoms. The van der Waals surface area contributed by atoms with Gasteiger partial charge in [0.15, 0.2) is 0 Å². The first-order valence-corrected chi connectivity index (χ1v) is 7.27. The zero-order valence-corrected chi connectivity index (χ0v) is 12.2. The van der Waals surface area contributed by atoms with E-state index in [9.17, 15) is 0 Å². The fourth-order valence-corrected chi connectivity index (χ4v) is 2.81. The summed E-state index contributed by atoms with van der Waals surface area (Å²) >= 11 is 0. The number of nitrogens with zero attached hydrogens (tertiary/aromatic N) is 7. The van der Waals surface area contributed by atoms with E-state index in [1.54, 1.807) is 4.68 Å². The van der Waals surface area contributed by atoms with Crippen molar-refractivity contribution in [1.82, 2.24) is 35.0 Å². The van der Waals surface area contributed by atoms with E-state index in [0.29, 0.717) is 11.9 Å². The van der Waals surface area contributed by atoms with Crippen LogP contribution < -0.4 is 5.32 Å². The SMILES string of the molecule is Cc1nnc2n1CC(CNc1nnnn1-c1ccccc1)C2. The predicted molar refractivity (Wildman–Crippen MR) is 79.6 cm³/mol. The number of tetrazole rings is 1. The molecular weight excluding hydrogens is 280 g/mol. The van der Waals surface area contributed by atoms with E-state index in [0.717, 1.165) is 36.8 Å². The molecule has 0 amide bonds. The standard InChI is InChI=1S/C14H16N8/c1-10-16-17-13-7-11(9-21(10)13)8-15-14-18-19-20-22(14)12-5-3-2-4-6-12/h2-6,11H,7-9H2,1H3,(H,15,18,20). The van der Waals surface area contributed by atoms with Crippen LogP contribution in [0.25, 0.3) is 5.69 Å². The zero-order valence-electron chi connectivity index (χ0n) is 12.2. The largest absolute Gasteiger partial charge is 0.352 e. The molecule has 8 nitrogen and oxygen atoms in total. The highest BCUT2D eigenvalue weighted by atomic mass is 15.6. The molecule has 0 saturated carbocycles. The Balaban J connectivity index is 1.45. The number of aryl methyl sites for hydroxylation is 1. The third kappa shape index (κ3) is 2.22. The summed E-state index contributed by atoms with van der Waals surface area (Å²) in [6.07, 6.45) is 0.931. The Hall–Kier alpha value is -2.77. The average molecular weight is 296 g/mol. The minimum absolute atomic E-state index is 0.477. The van der Waals surface area contributed by atoms with Crippen molar-refractivity contribution in [3.05, 3.63) is 42.0 Å². The van der Waals surface area contributed by atoms with Crippen LogP contribution in [0.3, 0.4) is 0 Å². The number of hydrogen-bond acceptors (Lipinski definition) is 6. The van der Waals surface area contributed by atoms with Gasteiger partial charge in [-0.25, -0.2) is 0 Å². The Kier molecular flexibility index (Phi) is 3.06. The number of rotatable bonds is 4. The lowest BCUT2D eigenvalue weighted by Gasteiger charge is -2.11. The molecule has 0 aliphatic carbocycles. The maximum Gasteiger partial charge on any atom is 0.247 e. The van der Waals surface area contributed by atoms with Gasteiger partial charge < -0.3 is 9.88 Å². The van der Waals surface area contributed by atoms with Gasteiger partial charge in [0.1, 0.15) is 11.6 Å². The quantitative estimate of drug-likeness (QED) is 0.768. The second-order valence-electron chi connectivity index (χ2n) is 5.47. The Bertz CT molecular complexity index is 775. The molecule has 2 aromatic heterocycles. The van der Waals surface area contributed by atoms with Gasteiger partial charge in [-0.2, -0.15) is 4.68 Å². The van der Waals surface area contributed by atoms with Crippen LogP contribution in [0.1, 0.15) is 11.6 Å². The van der Waals surface area contributed by atoms with E-state index >= 15 is 0 Å². The predicted octanol–water partition coefficient (Wildman–Crippen LogP) is 0.847. The number of anilines is 1. The molecule has 0 fully saturated rings. The summed E-state index contributed by atoms with van der Waals surface area (Å²) in [6.45, 7) is 3.73. The van der Waals surface area contributed by atoms with Crippen LogP contribution in [-0.2, 0) is 13.0 Å². The van der Waals surface area contributed by atoms with Gasteiger partial charge in [0.05, 0.1) is 5.69 Å². The van der Waals surface area contributed by atoms with Crippen molar-refractivity contribution in [3.8, 4) is 5.69 Å². The lowest BCUT2D eigenvalue weighted by atomic mass is 10.1. The molecule has 0 spiro atoms. The van der Waals surface area contributed by atoms with E-state index in [4.69, 9.17) is 0 Å². The fraction of sp³-hybridized carbons (Fsp3) is 0.357. The summed E-state index contributed by atoms with van der Waals surface area (Å²) in [5.41, 5.74) is 0.939. The van der Waals surface area contributed by atoms with E-state index in [1.807, 2.05) is 37.3 Å². The molecule has 22 heavy (non-hydrogen) atoms. The first-order valence-electron chi connectivity index (χ1n) is 7.27. The molecule has 0 bridgehead atoms. The lowest BCUT2D eigenvalue weighted by molar-refractivity contribution is 0.525. The Morgan fingerprint density at radius 2 is 2.05 bits per heavy atom. The summed E-state index contributed by atoms with van der Waals surface area (Å²) in [7, 11) is 0. The summed E-state index contributed by atoms with van der Waals surface area (Å²) in [6, 6.07) is 9.85. The highest BCUT2D eigenvalue weighted by molar-refractivity contribution is 5.38. The summed E-state index contributed by atoms with van der Waals surface area (Å²) in [5, 5.41) is 23.5. The normalized spacial score (nSPS) is 16.7. The van der Waals surface area contributed by atoms with Crippen molar-refractivity contribution in [2.24, 2.45) is 5.92 Å². The van der Waals surface area contributed by atoms with E-state index in [1.165, 1.54) is 0 Å². The van der Waals surface area contributed by atoms with Crippen molar-refractivity contribution < 1.29 is 0 Å². The molecule has 3 aromatic rings. The lowest BCUT2D eigenvalue weighted by Crippen LogP contribution is -2.18. The summed E-state index contributed by atoms with van der Waals surface area (Å²) < 4.78 is 3.88. The third-order valence-corrected chi connectivity index (χ3v) is 3.94. The molecule has 0 radical (unpaired) electrons. The third-order valence-electron chi connectivity index (χ3n) is 3.94. The highest BCUT2D eigenvalue weighted by Crippen LogP contribution is 2.20. The van der Waals surface area contributed by atoms with Crippen LogP contribution in [0.2, 0.25) is 0 Å². The molecule has 1 N–H and O–H groups in total. The highest BCUT2D eigenvalue weighted by Gasteiger charge is 2.25. The Morgan fingerprint density at radius 3 is 2.86 bits per heavy atom. The first-order chi connectivity index (χ1) is 10.8. The van der Waals surface area contributed by atoms with Gasteiger partial charge in [-0.3, -0.25) is 0 Å². The van der Waals surface area contributed by atoms with Gasteiger partial charge in [0.25, 0.3) is 0 Å². The Morgan fingerprint density at radius 1 is 1.18 bits per heavy atom. The molecular formula is C14H16N8. The van der Waals surface area contributed by atoms with Crippen molar-refractivity contribution in [3.63, 3.8) is 0 Å². The minimum atomic E-state index is 0.477. The first kappa shape index (κ1) is 12.9. The van der Waals surface area contributed by atoms with Gasteiger partial charge in [0.2, 0.25) is 5.95 Å². The van der Waals surface area contributed by atoms with Gasteiger partial charge in [-0.15, -0.1) is 10.2 Å². The number of nitrogens with one attached hydrogen (secondary N) is 1. The van der Waals surface area contributed by atoms with Gasteiger partial charge in [-0.05, 0) is 29.5 Å². The van der Waals surface area contributed by atoms with Gasteiger partial charge in [-0.1, -0.05) is 23.3 Å². The van der Waals surface area contributed by atoms with Crippen LogP contribution in [0.5, 0.6) is 0 Å². The number of benzene rings is 1. The minimum Gasteiger partial charge on any atom is -0.352 e. The Labute approximate surface area is 127 Å². The second kappa shape index (κ2) is 5.21. The van der Waals surface area contributed by atoms with Crippen molar-refractivity contribution >= 4 is 5.95 Å². The molecule has 1 aliphatic rings. The number of aromatic nitrogens is 7. The van der Waals surface area contributed by atoms with Gasteiger partial charge in [0, 0.05) is 25.4 Å². The molecule has 3 heterocycles. The molecule has 0 saturated heterocycles. The van der Waals surface area contributed by atoms with Crippen LogP contribution in [0.15, 0.2) is 30.3 Å². The van der Waals surface area contributed by atoms with Crippen molar-refractivity contribution in [2.75, 3.05) is 11.9 Å². The molecule has 1 aliphatic heterocycles. The maximum atomic E-state index is 4.20. The summed E-state index contributed by atoms with van der Waals surface area (Å²) in [5.74, 6) is 3.18. The average Bonchev–Trinajstić information content (AvgIpc) is 3.24. The zero-order chi connectivity index (χ0) is 14.9. The van der Waals surface area contributed by atoms with E-state index < -0.39 is 0 Å². The van der Waals surface area contributed by atoms with Gasteiger partial charge >= 0.3 is 0 Å². The van der Waals surface area contributed by atoms with Crippen molar-refractivity contribution in [1.29, 1.82) is 0 Å². The molecule has 1 atom stereocenters. The fourth-order valence-electron chi connectivity index (χ4n) is 2.81. The van der Waals surface area contributed by atoms with Crippen LogP contribution in [-0.4, -0.2) is 41.5 Å². The van der Waals surface area contributed by atoms with E-state index in [-0.39, 0.29) is 0 Å². The maximum absolute atomic E-state index is 4.20. The smallest absolute Gasteiger partial charge is 0.247 e. The monoisotopic (exact) mass is 296 g/mol. The van der Waals surface area contributed by atoms with E-state index in [2.05, 4.69) is 35.6 Å². The second-order valence-corrected chi connectivity index (χ2v) is 5.47. The number of hydrogen-bond donors (Lipinski definition) is 1. The summed E-state index contributed by atoms with van der Waals surface area (Å²) in [4.78, 5) is 0. The molecule has 4 rings (SSSR count). The molecule has 112 valence electrons. The van der Waals surface area contributed by atoms with Crippen LogP contribution in [0.4, 0.5) is 5.95 Å².